The minimum atomic E-state index is 0.111. The van der Waals surface area contributed by atoms with Crippen molar-refractivity contribution < 1.29 is 4.74 Å². The molecule has 0 saturated heterocycles. The first-order valence-corrected chi connectivity index (χ1v) is 7.81. The van der Waals surface area contributed by atoms with Crippen molar-refractivity contribution in [2.45, 2.75) is 12.5 Å². The van der Waals surface area contributed by atoms with Crippen LogP contribution in [0, 0.1) is 0 Å². The summed E-state index contributed by atoms with van der Waals surface area (Å²) in [5.41, 5.74) is 3.77. The van der Waals surface area contributed by atoms with Crippen molar-refractivity contribution in [3.05, 3.63) is 47.0 Å². The van der Waals surface area contributed by atoms with Crippen molar-refractivity contribution in [3.63, 3.8) is 0 Å². The van der Waals surface area contributed by atoms with Gasteiger partial charge in [-0.25, -0.2) is 0 Å². The van der Waals surface area contributed by atoms with Gasteiger partial charge in [0.1, 0.15) is 22.9 Å². The smallest absolute Gasteiger partial charge is 0.129 e. The Kier molecular flexibility index (Phi) is 3.16. The maximum Gasteiger partial charge on any atom is 0.129 e. The number of para-hydroxylation sites is 1. The van der Waals surface area contributed by atoms with Gasteiger partial charge in [-0.15, -0.1) is 0 Å². The molecule has 1 aromatic heterocycles. The van der Waals surface area contributed by atoms with Crippen molar-refractivity contribution >= 4 is 40.0 Å². The van der Waals surface area contributed by atoms with Gasteiger partial charge in [0.15, 0.2) is 0 Å². The van der Waals surface area contributed by atoms with E-state index in [9.17, 15) is 0 Å². The summed E-state index contributed by atoms with van der Waals surface area (Å²) in [7, 11) is 0. The number of nitrogens with zero attached hydrogens (tertiary/aromatic N) is 2. The average molecular weight is 318 g/mol. The van der Waals surface area contributed by atoms with E-state index in [-0.39, 0.29) is 6.10 Å². The molecule has 6 heteroatoms. The van der Waals surface area contributed by atoms with E-state index in [1.165, 1.54) is 17.3 Å². The molecule has 0 fully saturated rings. The molecule has 106 valence electrons. The largest absolute Gasteiger partial charge is 0.488 e. The molecule has 0 amide bonds. The van der Waals surface area contributed by atoms with Crippen LogP contribution in [-0.4, -0.2) is 21.4 Å². The Morgan fingerprint density at radius 1 is 1.24 bits per heavy atom. The van der Waals surface area contributed by atoms with Gasteiger partial charge >= 0.3 is 0 Å². The number of nitrogens with one attached hydrogen (secondary N) is 1. The molecule has 1 atom stereocenters. The zero-order chi connectivity index (χ0) is 14.2. The molecular weight excluding hydrogens is 306 g/mol. The minimum absolute atomic E-state index is 0.111. The van der Waals surface area contributed by atoms with Crippen molar-refractivity contribution in [1.82, 2.24) is 8.75 Å². The van der Waals surface area contributed by atoms with Crippen LogP contribution in [0.1, 0.15) is 5.56 Å². The Bertz CT molecular complexity index is 779. The van der Waals surface area contributed by atoms with Crippen LogP contribution in [-0.2, 0) is 6.42 Å². The van der Waals surface area contributed by atoms with Crippen LogP contribution in [0.2, 0.25) is 5.02 Å². The lowest BCUT2D eigenvalue weighted by Gasteiger charge is -2.14. The van der Waals surface area contributed by atoms with Crippen molar-refractivity contribution in [3.8, 4) is 5.75 Å². The molecule has 2 aromatic carbocycles. The van der Waals surface area contributed by atoms with Gasteiger partial charge in [-0.1, -0.05) is 29.8 Å². The molecule has 2 heterocycles. The highest BCUT2D eigenvalue weighted by Crippen LogP contribution is 2.32. The molecule has 0 radical (unpaired) electrons. The van der Waals surface area contributed by atoms with Crippen molar-refractivity contribution in [1.29, 1.82) is 0 Å². The number of rotatable bonds is 3. The van der Waals surface area contributed by atoms with E-state index >= 15 is 0 Å². The third kappa shape index (κ3) is 2.32. The zero-order valence-electron chi connectivity index (χ0n) is 11.0. The molecule has 0 spiro atoms. The number of aromatic nitrogens is 2. The molecule has 0 saturated carbocycles. The number of anilines is 1. The number of benzene rings is 2. The lowest BCUT2D eigenvalue weighted by atomic mass is 10.1. The summed E-state index contributed by atoms with van der Waals surface area (Å²) < 4.78 is 14.5. The number of hydrogen-bond acceptors (Lipinski definition) is 5. The molecule has 1 aliphatic rings. The van der Waals surface area contributed by atoms with E-state index in [0.29, 0.717) is 11.6 Å². The van der Waals surface area contributed by atoms with Crippen molar-refractivity contribution in [2.75, 3.05) is 11.9 Å². The summed E-state index contributed by atoms with van der Waals surface area (Å²) >= 11 is 7.46. The second-order valence-electron chi connectivity index (χ2n) is 4.99. The first-order chi connectivity index (χ1) is 10.3. The fraction of sp³-hybridized carbons (Fsp3) is 0.200. The van der Waals surface area contributed by atoms with Gasteiger partial charge in [-0.3, -0.25) is 0 Å². The van der Waals surface area contributed by atoms with Gasteiger partial charge in [0.05, 0.1) is 29.0 Å². The molecule has 21 heavy (non-hydrogen) atoms. The van der Waals surface area contributed by atoms with E-state index in [2.05, 4.69) is 20.1 Å². The van der Waals surface area contributed by atoms with Gasteiger partial charge in [0.25, 0.3) is 0 Å². The summed E-state index contributed by atoms with van der Waals surface area (Å²) in [6, 6.07) is 11.9. The molecule has 4 rings (SSSR count). The van der Waals surface area contributed by atoms with Crippen LogP contribution in [0.4, 0.5) is 5.69 Å². The van der Waals surface area contributed by atoms with E-state index in [0.717, 1.165) is 28.9 Å². The van der Waals surface area contributed by atoms with Crippen LogP contribution in [0.3, 0.4) is 0 Å². The molecule has 0 bridgehead atoms. The number of fused-ring (bicyclic) bond motifs is 2. The number of halogens is 1. The monoisotopic (exact) mass is 317 g/mol. The Balaban J connectivity index is 1.52. The lowest BCUT2D eigenvalue weighted by Crippen LogP contribution is -2.24. The van der Waals surface area contributed by atoms with E-state index < -0.39 is 0 Å². The quantitative estimate of drug-likeness (QED) is 0.799. The van der Waals surface area contributed by atoms with Gasteiger partial charge < -0.3 is 10.1 Å². The van der Waals surface area contributed by atoms with Gasteiger partial charge in [-0.2, -0.15) is 8.75 Å². The second kappa shape index (κ2) is 5.16. The standard InChI is InChI=1S/C15H12ClN3OS/c16-11-5-6-12-15(19-21-18-12)14(11)17-8-10-7-9-3-1-2-4-13(9)20-10/h1-6,10,17H,7-8H2. The van der Waals surface area contributed by atoms with Crippen LogP contribution >= 0.6 is 23.3 Å². The number of ether oxygens (including phenoxy) is 1. The highest BCUT2D eigenvalue weighted by molar-refractivity contribution is 7.00. The first kappa shape index (κ1) is 12.9. The fourth-order valence-electron chi connectivity index (χ4n) is 2.58. The molecular formula is C15H12ClN3OS. The molecule has 3 aromatic rings. The zero-order valence-corrected chi connectivity index (χ0v) is 12.6. The predicted octanol–water partition coefficient (Wildman–Crippen LogP) is 3.76. The highest BCUT2D eigenvalue weighted by Gasteiger charge is 2.22. The van der Waals surface area contributed by atoms with E-state index in [4.69, 9.17) is 16.3 Å². The topological polar surface area (TPSA) is 47.0 Å². The average Bonchev–Trinajstić information content (AvgIpc) is 3.12. The Morgan fingerprint density at radius 3 is 3.05 bits per heavy atom. The Hall–Kier alpha value is -1.85. The number of hydrogen-bond donors (Lipinski definition) is 1. The maximum atomic E-state index is 6.27. The fourth-order valence-corrected chi connectivity index (χ4v) is 3.34. The summed E-state index contributed by atoms with van der Waals surface area (Å²) in [5, 5.41) is 4.02. The minimum Gasteiger partial charge on any atom is -0.488 e. The maximum absolute atomic E-state index is 6.27. The molecule has 4 nitrogen and oxygen atoms in total. The van der Waals surface area contributed by atoms with E-state index in [1.54, 1.807) is 0 Å². The van der Waals surface area contributed by atoms with Crippen LogP contribution < -0.4 is 10.1 Å². The lowest BCUT2D eigenvalue weighted by molar-refractivity contribution is 0.246. The highest BCUT2D eigenvalue weighted by atomic mass is 35.5. The summed E-state index contributed by atoms with van der Waals surface area (Å²) in [4.78, 5) is 0. The van der Waals surface area contributed by atoms with Crippen LogP contribution in [0.25, 0.3) is 11.0 Å². The van der Waals surface area contributed by atoms with Gasteiger partial charge in [-0.05, 0) is 23.8 Å². The molecule has 0 aliphatic carbocycles. The molecule has 1 aliphatic heterocycles. The first-order valence-electron chi connectivity index (χ1n) is 6.70. The van der Waals surface area contributed by atoms with Crippen LogP contribution in [0.5, 0.6) is 5.75 Å². The van der Waals surface area contributed by atoms with Gasteiger partial charge in [0, 0.05) is 6.42 Å². The Morgan fingerprint density at radius 2 is 2.14 bits per heavy atom. The van der Waals surface area contributed by atoms with E-state index in [1.807, 2.05) is 30.3 Å². The summed E-state index contributed by atoms with van der Waals surface area (Å²) in [6.07, 6.45) is 1.02. The molecule has 1 N–H and O–H groups in total. The normalized spacial score (nSPS) is 16.7. The third-order valence-electron chi connectivity index (χ3n) is 3.60. The summed E-state index contributed by atoms with van der Waals surface area (Å²) in [5.74, 6) is 0.976. The predicted molar refractivity (Wildman–Crippen MR) is 85.5 cm³/mol. The Labute approximate surface area is 131 Å². The summed E-state index contributed by atoms with van der Waals surface area (Å²) in [6.45, 7) is 0.686. The second-order valence-corrected chi connectivity index (χ2v) is 5.92. The molecule has 1 unspecified atom stereocenters. The van der Waals surface area contributed by atoms with Gasteiger partial charge in [0.2, 0.25) is 0 Å². The SMILES string of the molecule is Clc1ccc2nsnc2c1NCC1Cc2ccccc2O1. The van der Waals surface area contributed by atoms with Crippen molar-refractivity contribution in [2.24, 2.45) is 0 Å². The third-order valence-corrected chi connectivity index (χ3v) is 4.45. The van der Waals surface area contributed by atoms with Crippen LogP contribution in [0.15, 0.2) is 36.4 Å².